The Balaban J connectivity index is 2.65. The van der Waals surface area contributed by atoms with E-state index in [2.05, 4.69) is 39.2 Å². The lowest BCUT2D eigenvalue weighted by molar-refractivity contribution is 0.210. The summed E-state index contributed by atoms with van der Waals surface area (Å²) in [5.74, 6) is 1.44. The number of hydrogen-bond donors (Lipinski definition) is 1. The molecule has 0 spiro atoms. The van der Waals surface area contributed by atoms with E-state index in [1.807, 2.05) is 0 Å². The molecule has 0 saturated carbocycles. The molecule has 0 fully saturated rings. The van der Waals surface area contributed by atoms with Crippen LogP contribution in [-0.2, 0) is 4.74 Å². The second-order valence-corrected chi connectivity index (χ2v) is 4.04. The fraction of sp³-hybridized carbons (Fsp3) is 0.750. The molecular formula is C12H23N5O. The fourth-order valence-electron chi connectivity index (χ4n) is 1.67. The van der Waals surface area contributed by atoms with Gasteiger partial charge in [0, 0.05) is 26.7 Å². The van der Waals surface area contributed by atoms with Crippen LogP contribution in [0.4, 0.5) is 11.8 Å². The lowest BCUT2D eigenvalue weighted by Gasteiger charge is -2.22. The van der Waals surface area contributed by atoms with E-state index in [1.54, 1.807) is 13.3 Å². The summed E-state index contributed by atoms with van der Waals surface area (Å²) in [6, 6.07) is 0. The third-order valence-corrected chi connectivity index (χ3v) is 2.45. The first-order valence-corrected chi connectivity index (χ1v) is 6.49. The zero-order valence-electron chi connectivity index (χ0n) is 11.5. The van der Waals surface area contributed by atoms with Crippen molar-refractivity contribution in [1.29, 1.82) is 0 Å². The Hall–Kier alpha value is -1.43. The average Bonchev–Trinajstić information content (AvgIpc) is 2.39. The highest BCUT2D eigenvalue weighted by Gasteiger charge is 2.08. The van der Waals surface area contributed by atoms with Gasteiger partial charge < -0.3 is 15.0 Å². The Morgan fingerprint density at radius 3 is 2.61 bits per heavy atom. The molecule has 0 atom stereocenters. The molecule has 6 nitrogen and oxygen atoms in total. The normalized spacial score (nSPS) is 10.4. The van der Waals surface area contributed by atoms with Crippen molar-refractivity contribution in [2.24, 2.45) is 0 Å². The number of hydrogen-bond acceptors (Lipinski definition) is 6. The quantitative estimate of drug-likeness (QED) is 0.674. The summed E-state index contributed by atoms with van der Waals surface area (Å²) in [5.41, 5.74) is 0. The molecule has 0 amide bonds. The molecule has 0 aliphatic heterocycles. The number of anilines is 2. The topological polar surface area (TPSA) is 63.2 Å². The molecule has 0 aromatic carbocycles. The zero-order valence-corrected chi connectivity index (χ0v) is 11.5. The van der Waals surface area contributed by atoms with Crippen LogP contribution in [0.5, 0.6) is 0 Å². The molecule has 1 N–H and O–H groups in total. The van der Waals surface area contributed by atoms with Gasteiger partial charge in [0.2, 0.25) is 5.95 Å². The number of nitrogens with one attached hydrogen (secondary N) is 1. The summed E-state index contributed by atoms with van der Waals surface area (Å²) in [4.78, 5) is 6.70. The van der Waals surface area contributed by atoms with Crippen LogP contribution in [0.25, 0.3) is 0 Å². The molecule has 0 unspecified atom stereocenters. The second kappa shape index (κ2) is 8.63. The molecule has 1 rings (SSSR count). The molecule has 1 aromatic heterocycles. The first kappa shape index (κ1) is 14.6. The molecule has 0 aliphatic rings. The summed E-state index contributed by atoms with van der Waals surface area (Å²) in [6.07, 6.45) is 3.90. The summed E-state index contributed by atoms with van der Waals surface area (Å²) in [6.45, 7) is 7.61. The van der Waals surface area contributed by atoms with E-state index < -0.39 is 0 Å². The van der Waals surface area contributed by atoms with Crippen LogP contribution in [0.15, 0.2) is 6.20 Å². The number of rotatable bonds is 9. The van der Waals surface area contributed by atoms with Crippen molar-refractivity contribution in [2.45, 2.75) is 26.7 Å². The van der Waals surface area contributed by atoms with Crippen molar-refractivity contribution in [3.8, 4) is 0 Å². The number of methoxy groups -OCH3 is 1. The van der Waals surface area contributed by atoms with Crippen LogP contribution in [-0.4, -0.2) is 48.5 Å². The third-order valence-electron chi connectivity index (χ3n) is 2.45. The highest BCUT2D eigenvalue weighted by Crippen LogP contribution is 2.11. The van der Waals surface area contributed by atoms with Gasteiger partial charge in [0.25, 0.3) is 0 Å². The maximum Gasteiger partial charge on any atom is 0.244 e. The van der Waals surface area contributed by atoms with E-state index in [1.165, 1.54) is 0 Å². The predicted molar refractivity (Wildman–Crippen MR) is 73.0 cm³/mol. The number of nitrogens with zero attached hydrogens (tertiary/aromatic N) is 4. The largest absolute Gasteiger partial charge is 0.383 e. The first-order chi connectivity index (χ1) is 8.81. The molecule has 6 heteroatoms. The van der Waals surface area contributed by atoms with Crippen molar-refractivity contribution in [2.75, 3.05) is 43.6 Å². The van der Waals surface area contributed by atoms with Gasteiger partial charge in [-0.3, -0.25) is 0 Å². The molecule has 18 heavy (non-hydrogen) atoms. The standard InChI is InChI=1S/C12H23N5O/c1-4-7-17(8-5-2)11-10-14-16-12(15-11)13-6-9-18-3/h10H,4-9H2,1-3H3,(H,13,15,16). The van der Waals surface area contributed by atoms with Gasteiger partial charge in [0.05, 0.1) is 12.8 Å². The molecule has 0 saturated heterocycles. The number of ether oxygens (including phenoxy) is 1. The minimum Gasteiger partial charge on any atom is -0.383 e. The van der Waals surface area contributed by atoms with Gasteiger partial charge in [-0.2, -0.15) is 10.1 Å². The second-order valence-electron chi connectivity index (χ2n) is 4.04. The zero-order chi connectivity index (χ0) is 13.2. The Labute approximate surface area is 109 Å². The highest BCUT2D eigenvalue weighted by atomic mass is 16.5. The van der Waals surface area contributed by atoms with Gasteiger partial charge in [-0.1, -0.05) is 13.8 Å². The average molecular weight is 253 g/mol. The first-order valence-electron chi connectivity index (χ1n) is 6.49. The number of aromatic nitrogens is 3. The van der Waals surface area contributed by atoms with Crippen molar-refractivity contribution < 1.29 is 4.74 Å². The molecule has 1 aromatic rings. The van der Waals surface area contributed by atoms with E-state index in [-0.39, 0.29) is 0 Å². The smallest absolute Gasteiger partial charge is 0.244 e. The van der Waals surface area contributed by atoms with Crippen LogP contribution >= 0.6 is 0 Å². The maximum atomic E-state index is 4.97. The van der Waals surface area contributed by atoms with Crippen LogP contribution < -0.4 is 10.2 Å². The van der Waals surface area contributed by atoms with Crippen LogP contribution in [0.1, 0.15) is 26.7 Å². The van der Waals surface area contributed by atoms with E-state index in [9.17, 15) is 0 Å². The predicted octanol–water partition coefficient (Wildman–Crippen LogP) is 1.56. The van der Waals surface area contributed by atoms with Gasteiger partial charge in [0.15, 0.2) is 5.82 Å². The van der Waals surface area contributed by atoms with E-state index in [4.69, 9.17) is 4.74 Å². The van der Waals surface area contributed by atoms with Crippen molar-refractivity contribution in [3.63, 3.8) is 0 Å². The Kier molecular flexibility index (Phi) is 7.01. The Morgan fingerprint density at radius 1 is 1.28 bits per heavy atom. The van der Waals surface area contributed by atoms with Crippen LogP contribution in [0.3, 0.4) is 0 Å². The molecule has 0 aliphatic carbocycles. The van der Waals surface area contributed by atoms with Gasteiger partial charge in [-0.15, -0.1) is 5.10 Å². The third kappa shape index (κ3) is 4.83. The summed E-state index contributed by atoms with van der Waals surface area (Å²) in [7, 11) is 1.67. The van der Waals surface area contributed by atoms with Crippen LogP contribution in [0.2, 0.25) is 0 Å². The van der Waals surface area contributed by atoms with Gasteiger partial charge >= 0.3 is 0 Å². The molecular weight excluding hydrogens is 230 g/mol. The lowest BCUT2D eigenvalue weighted by atomic mass is 10.3. The summed E-state index contributed by atoms with van der Waals surface area (Å²) < 4.78 is 4.97. The summed E-state index contributed by atoms with van der Waals surface area (Å²) >= 11 is 0. The molecule has 0 bridgehead atoms. The SMILES string of the molecule is CCCN(CCC)c1cnnc(NCCOC)n1. The van der Waals surface area contributed by atoms with Gasteiger partial charge in [0.1, 0.15) is 0 Å². The van der Waals surface area contributed by atoms with Crippen molar-refractivity contribution >= 4 is 11.8 Å². The lowest BCUT2D eigenvalue weighted by Crippen LogP contribution is -2.26. The molecule has 0 radical (unpaired) electrons. The van der Waals surface area contributed by atoms with Crippen molar-refractivity contribution in [1.82, 2.24) is 15.2 Å². The molecule has 1 heterocycles. The van der Waals surface area contributed by atoms with Crippen LogP contribution in [0, 0.1) is 0 Å². The Bertz CT molecular complexity index is 328. The van der Waals surface area contributed by atoms with Gasteiger partial charge in [-0.25, -0.2) is 0 Å². The van der Waals surface area contributed by atoms with E-state index in [0.29, 0.717) is 19.1 Å². The molecule has 102 valence electrons. The summed E-state index contributed by atoms with van der Waals surface area (Å²) in [5, 5.41) is 11.0. The minimum absolute atomic E-state index is 0.557. The fourth-order valence-corrected chi connectivity index (χ4v) is 1.67. The maximum absolute atomic E-state index is 4.97. The van der Waals surface area contributed by atoms with E-state index in [0.717, 1.165) is 31.7 Å². The van der Waals surface area contributed by atoms with Crippen molar-refractivity contribution in [3.05, 3.63) is 6.20 Å². The highest BCUT2D eigenvalue weighted by molar-refractivity contribution is 5.40. The van der Waals surface area contributed by atoms with E-state index >= 15 is 0 Å². The Morgan fingerprint density at radius 2 is 2.00 bits per heavy atom. The monoisotopic (exact) mass is 253 g/mol. The minimum atomic E-state index is 0.557. The van der Waals surface area contributed by atoms with Gasteiger partial charge in [-0.05, 0) is 12.8 Å².